The number of carbonyl (C=O) groups is 3. The first kappa shape index (κ1) is 28.4. The molecule has 39 heavy (non-hydrogen) atoms. The number of nitrogens with zero attached hydrogens (tertiary/aromatic N) is 1. The minimum Gasteiger partial charge on any atom is -0.369 e. The SMILES string of the molecule is Cc1ccccc1Nc1cccc(CN2CCCC[C@H](NC(=O)[C@H](CC(C)C)C3C=CC(C(N)=O)C3)C2=O)c1. The van der Waals surface area contributed by atoms with Crippen molar-refractivity contribution in [2.24, 2.45) is 29.4 Å². The van der Waals surface area contributed by atoms with Crippen LogP contribution < -0.4 is 16.4 Å². The topological polar surface area (TPSA) is 105 Å². The van der Waals surface area contributed by atoms with E-state index in [9.17, 15) is 14.4 Å². The molecule has 2 unspecified atom stereocenters. The van der Waals surface area contributed by atoms with Crippen LogP contribution in [-0.4, -0.2) is 35.2 Å². The summed E-state index contributed by atoms with van der Waals surface area (Å²) < 4.78 is 0. The average Bonchev–Trinajstić information content (AvgIpc) is 3.33. The predicted octanol–water partition coefficient (Wildman–Crippen LogP) is 5.08. The molecule has 0 bridgehead atoms. The van der Waals surface area contributed by atoms with Gasteiger partial charge in [-0.1, -0.05) is 56.3 Å². The van der Waals surface area contributed by atoms with E-state index in [4.69, 9.17) is 5.73 Å². The van der Waals surface area contributed by atoms with E-state index in [0.717, 1.165) is 35.3 Å². The van der Waals surface area contributed by atoms with Crippen molar-refractivity contribution in [2.75, 3.05) is 11.9 Å². The van der Waals surface area contributed by atoms with Gasteiger partial charge in [-0.05, 0) is 80.2 Å². The zero-order chi connectivity index (χ0) is 27.9. The lowest BCUT2D eigenvalue weighted by molar-refractivity contribution is -0.138. The summed E-state index contributed by atoms with van der Waals surface area (Å²) in [6.45, 7) is 7.41. The molecule has 2 aromatic carbocycles. The molecule has 1 heterocycles. The number of allylic oxidation sites excluding steroid dienone is 1. The van der Waals surface area contributed by atoms with Crippen molar-refractivity contribution in [1.82, 2.24) is 10.2 Å². The maximum atomic E-state index is 13.6. The standard InChI is InChI=1S/C32H42N4O3/c1-21(2)17-27(24-14-15-25(19-24)30(33)37)31(38)35-29-13-6-7-16-36(32(29)39)20-23-10-8-11-26(18-23)34-28-12-5-4-9-22(28)3/h4-5,8-12,14-15,18,21,24-25,27,29,34H,6-7,13,16-17,19-20H2,1-3H3,(H2,33,37)(H,35,38)/t24?,25?,27-,29+/m1/s1. The number of likely N-dealkylation sites (tertiary alicyclic amines) is 1. The second-order valence-electron chi connectivity index (χ2n) is 11.5. The summed E-state index contributed by atoms with van der Waals surface area (Å²) in [4.78, 5) is 40.7. The third kappa shape index (κ3) is 7.49. The van der Waals surface area contributed by atoms with Gasteiger partial charge in [0.1, 0.15) is 6.04 Å². The summed E-state index contributed by atoms with van der Waals surface area (Å²) in [5, 5.41) is 6.59. The first-order chi connectivity index (χ1) is 18.7. The number of nitrogens with one attached hydrogen (secondary N) is 2. The van der Waals surface area contributed by atoms with E-state index in [-0.39, 0.29) is 35.5 Å². The Morgan fingerprint density at radius 2 is 1.87 bits per heavy atom. The van der Waals surface area contributed by atoms with Crippen LogP contribution in [-0.2, 0) is 20.9 Å². The van der Waals surface area contributed by atoms with Crippen LogP contribution in [0.25, 0.3) is 0 Å². The zero-order valence-electron chi connectivity index (χ0n) is 23.4. The average molecular weight is 531 g/mol. The molecular formula is C32H42N4O3. The van der Waals surface area contributed by atoms with Crippen LogP contribution in [0.3, 0.4) is 0 Å². The second-order valence-corrected chi connectivity index (χ2v) is 11.5. The molecule has 0 aromatic heterocycles. The fourth-order valence-electron chi connectivity index (χ4n) is 5.73. The molecule has 3 amide bonds. The van der Waals surface area contributed by atoms with Crippen LogP contribution in [0, 0.1) is 30.6 Å². The number of rotatable bonds is 10. The normalized spacial score (nSPS) is 22.0. The number of para-hydroxylation sites is 1. The Morgan fingerprint density at radius 3 is 2.59 bits per heavy atom. The first-order valence-corrected chi connectivity index (χ1v) is 14.2. The predicted molar refractivity (Wildman–Crippen MR) is 155 cm³/mol. The Labute approximate surface area is 232 Å². The van der Waals surface area contributed by atoms with Gasteiger partial charge in [0.05, 0.1) is 5.92 Å². The fraction of sp³-hybridized carbons (Fsp3) is 0.469. The van der Waals surface area contributed by atoms with E-state index < -0.39 is 6.04 Å². The van der Waals surface area contributed by atoms with Crippen LogP contribution in [0.15, 0.2) is 60.7 Å². The second kappa shape index (κ2) is 13.0. The highest BCUT2D eigenvalue weighted by atomic mass is 16.2. The molecule has 4 N–H and O–H groups in total. The van der Waals surface area contributed by atoms with Crippen molar-refractivity contribution >= 4 is 29.1 Å². The molecule has 7 nitrogen and oxygen atoms in total. The molecule has 1 aliphatic heterocycles. The molecule has 1 saturated heterocycles. The number of amides is 3. The zero-order valence-corrected chi connectivity index (χ0v) is 23.4. The van der Waals surface area contributed by atoms with Gasteiger partial charge in [0.15, 0.2) is 0 Å². The monoisotopic (exact) mass is 530 g/mol. The molecule has 1 fully saturated rings. The molecule has 2 aromatic rings. The summed E-state index contributed by atoms with van der Waals surface area (Å²) >= 11 is 0. The summed E-state index contributed by atoms with van der Waals surface area (Å²) in [5.74, 6) is -0.853. The van der Waals surface area contributed by atoms with Crippen molar-refractivity contribution < 1.29 is 14.4 Å². The molecule has 208 valence electrons. The van der Waals surface area contributed by atoms with Crippen molar-refractivity contribution in [1.29, 1.82) is 0 Å². The number of primary amides is 1. The van der Waals surface area contributed by atoms with Crippen LogP contribution in [0.2, 0.25) is 0 Å². The van der Waals surface area contributed by atoms with E-state index in [2.05, 4.69) is 49.6 Å². The third-order valence-electron chi connectivity index (χ3n) is 7.88. The smallest absolute Gasteiger partial charge is 0.245 e. The highest BCUT2D eigenvalue weighted by Crippen LogP contribution is 2.33. The summed E-state index contributed by atoms with van der Waals surface area (Å²) in [5.41, 5.74) is 9.75. The van der Waals surface area contributed by atoms with Crippen molar-refractivity contribution in [3.63, 3.8) is 0 Å². The molecule has 0 radical (unpaired) electrons. The molecule has 4 rings (SSSR count). The molecule has 4 atom stereocenters. The number of benzene rings is 2. The maximum Gasteiger partial charge on any atom is 0.245 e. The van der Waals surface area contributed by atoms with Gasteiger partial charge in [0.2, 0.25) is 17.7 Å². The van der Waals surface area contributed by atoms with Crippen molar-refractivity contribution in [3.05, 3.63) is 71.8 Å². The van der Waals surface area contributed by atoms with Crippen LogP contribution in [0.5, 0.6) is 0 Å². The lowest BCUT2D eigenvalue weighted by Crippen LogP contribution is -2.49. The van der Waals surface area contributed by atoms with Crippen LogP contribution >= 0.6 is 0 Å². The fourth-order valence-corrected chi connectivity index (χ4v) is 5.73. The van der Waals surface area contributed by atoms with Crippen LogP contribution in [0.1, 0.15) is 57.1 Å². The summed E-state index contributed by atoms with van der Waals surface area (Å²) in [6, 6.07) is 15.8. The van der Waals surface area contributed by atoms with Gasteiger partial charge < -0.3 is 21.3 Å². The van der Waals surface area contributed by atoms with E-state index >= 15 is 0 Å². The summed E-state index contributed by atoms with van der Waals surface area (Å²) in [6.07, 6.45) is 7.45. The van der Waals surface area contributed by atoms with Crippen LogP contribution in [0.4, 0.5) is 11.4 Å². The van der Waals surface area contributed by atoms with Crippen molar-refractivity contribution in [3.8, 4) is 0 Å². The number of carbonyl (C=O) groups excluding carboxylic acids is 3. The van der Waals surface area contributed by atoms with E-state index in [1.807, 2.05) is 47.4 Å². The number of nitrogens with two attached hydrogens (primary N) is 1. The third-order valence-corrected chi connectivity index (χ3v) is 7.88. The molecule has 7 heteroatoms. The van der Waals surface area contributed by atoms with E-state index in [0.29, 0.717) is 38.3 Å². The summed E-state index contributed by atoms with van der Waals surface area (Å²) in [7, 11) is 0. The maximum absolute atomic E-state index is 13.6. The lowest BCUT2D eigenvalue weighted by atomic mass is 9.83. The Kier molecular flexibility index (Phi) is 9.44. The quantitative estimate of drug-likeness (QED) is 0.373. The van der Waals surface area contributed by atoms with E-state index in [1.54, 1.807) is 0 Å². The minimum atomic E-state index is -0.541. The Hall–Kier alpha value is -3.61. The highest BCUT2D eigenvalue weighted by Gasteiger charge is 2.36. The Bertz CT molecular complexity index is 1210. The molecule has 1 aliphatic carbocycles. The lowest BCUT2D eigenvalue weighted by Gasteiger charge is -2.29. The molecular weight excluding hydrogens is 488 g/mol. The number of aryl methyl sites for hydroxylation is 1. The van der Waals surface area contributed by atoms with Gasteiger partial charge in [-0.3, -0.25) is 14.4 Å². The van der Waals surface area contributed by atoms with Gasteiger partial charge in [0, 0.05) is 30.4 Å². The van der Waals surface area contributed by atoms with E-state index in [1.165, 1.54) is 0 Å². The highest BCUT2D eigenvalue weighted by molar-refractivity contribution is 5.89. The van der Waals surface area contributed by atoms with Gasteiger partial charge in [-0.2, -0.15) is 0 Å². The largest absolute Gasteiger partial charge is 0.369 e. The molecule has 0 saturated carbocycles. The Morgan fingerprint density at radius 1 is 1.08 bits per heavy atom. The van der Waals surface area contributed by atoms with Gasteiger partial charge in [-0.15, -0.1) is 0 Å². The van der Waals surface area contributed by atoms with Gasteiger partial charge >= 0.3 is 0 Å². The minimum absolute atomic E-state index is 0.0293. The number of hydrogen-bond acceptors (Lipinski definition) is 4. The number of anilines is 2. The number of hydrogen-bond donors (Lipinski definition) is 3. The Balaban J connectivity index is 1.43. The van der Waals surface area contributed by atoms with Gasteiger partial charge in [0.25, 0.3) is 0 Å². The first-order valence-electron chi connectivity index (χ1n) is 14.2. The molecule has 0 spiro atoms. The molecule has 2 aliphatic rings. The van der Waals surface area contributed by atoms with Crippen molar-refractivity contribution in [2.45, 2.75) is 65.5 Å². The van der Waals surface area contributed by atoms with Gasteiger partial charge in [-0.25, -0.2) is 0 Å².